The van der Waals surface area contributed by atoms with Crippen LogP contribution in [-0.2, 0) is 61.8 Å². The smallest absolute Gasteiger partial charge is 0.408 e. The standard InChI is InChI=1S/C76H105NO16/c1-44(2)24-22-25-45(3)53-33-34-54-52-32-31-50-40-51(35-37-72(50,11)55(52)36-38-73(53,54)12)87-39-23-30-59(79)90-63(61(48-26-18-16-19-27-48)77-69(83)93-70(6,7)8)68(82)89-56-42-76(84)66(91-67(81)49-28-20-17-21-29-49)64-74(13,65(80)62(86-15)60(46(56)4)71(76,9)10)57(85-14)41-58-75(64,43-88-58)92-47(5)78/h16-21,23,26-31,44-45,51-58,61-64,66,84H,22,24-25,32-43H2,1-15H3,(H,77,83)/b30-23+/t45-,51+,52?,53-,54?,55?,56+,57+,58-,61+,62-,63?,64+,66+,72+,73-,74-,75+,76-/m1/s1. The van der Waals surface area contributed by atoms with Crippen LogP contribution in [0.25, 0.3) is 0 Å². The molecule has 0 aromatic heterocycles. The highest BCUT2D eigenvalue weighted by Crippen LogP contribution is 2.69. The van der Waals surface area contributed by atoms with Crippen LogP contribution in [0.5, 0.6) is 0 Å². The van der Waals surface area contributed by atoms with Crippen LogP contribution in [0.1, 0.15) is 195 Å². The molecular formula is C76H105NO16. The number of aliphatic hydroxyl groups is 1. The third-order valence-electron chi connectivity index (χ3n) is 24.2. The van der Waals surface area contributed by atoms with Gasteiger partial charge in [0.15, 0.2) is 11.4 Å². The number of carbonyl (C=O) groups excluding carboxylic acids is 6. The molecule has 93 heavy (non-hydrogen) atoms. The van der Waals surface area contributed by atoms with Gasteiger partial charge in [-0.1, -0.05) is 134 Å². The average Bonchev–Trinajstić information content (AvgIpc) is 1.08. The molecule has 2 aromatic carbocycles. The van der Waals surface area contributed by atoms with Crippen molar-refractivity contribution in [1.29, 1.82) is 0 Å². The van der Waals surface area contributed by atoms with Crippen molar-refractivity contribution in [2.75, 3.05) is 27.4 Å². The highest BCUT2D eigenvalue weighted by Gasteiger charge is 2.78. The number of carbonyl (C=O) groups is 6. The second-order valence-electron chi connectivity index (χ2n) is 31.3. The van der Waals surface area contributed by atoms with Gasteiger partial charge < -0.3 is 53.1 Å². The van der Waals surface area contributed by atoms with Gasteiger partial charge in [0.1, 0.15) is 41.7 Å². The van der Waals surface area contributed by atoms with E-state index in [0.717, 1.165) is 49.4 Å². The fraction of sp³-hybridized carbons (Fsp3) is 0.684. The maximum absolute atomic E-state index is 16.0. The number of hydrogen-bond donors (Lipinski definition) is 2. The predicted octanol–water partition coefficient (Wildman–Crippen LogP) is 13.1. The van der Waals surface area contributed by atoms with E-state index >= 15 is 9.59 Å². The number of esters is 4. The van der Waals surface area contributed by atoms with E-state index < -0.39 is 118 Å². The van der Waals surface area contributed by atoms with Crippen LogP contribution in [0.3, 0.4) is 0 Å². The lowest BCUT2D eigenvalue weighted by Gasteiger charge is -2.67. The number of nitrogens with one attached hydrogen (secondary N) is 1. The third kappa shape index (κ3) is 13.0. The molecular weight excluding hydrogens is 1180 g/mol. The Hall–Kier alpha value is -5.72. The van der Waals surface area contributed by atoms with Gasteiger partial charge >= 0.3 is 30.0 Å². The second-order valence-corrected chi connectivity index (χ2v) is 31.3. The molecule has 10 rings (SSSR count). The first-order chi connectivity index (χ1) is 43.9. The summed E-state index contributed by atoms with van der Waals surface area (Å²) in [5, 5.41) is 17.0. The van der Waals surface area contributed by atoms with Crippen molar-refractivity contribution in [2.24, 2.45) is 63.1 Å². The number of amides is 1. The van der Waals surface area contributed by atoms with Crippen molar-refractivity contribution in [1.82, 2.24) is 5.32 Å². The molecule has 7 aliphatic carbocycles. The molecule has 1 heterocycles. The zero-order valence-electron chi connectivity index (χ0n) is 57.8. The molecule has 17 heteroatoms. The molecule has 1 saturated heterocycles. The maximum Gasteiger partial charge on any atom is 0.408 e. The quantitative estimate of drug-likeness (QED) is 0.0545. The molecule has 2 bridgehead atoms. The van der Waals surface area contributed by atoms with Crippen LogP contribution < -0.4 is 5.32 Å². The average molecular weight is 1290 g/mol. The Balaban J connectivity index is 0.931. The van der Waals surface area contributed by atoms with Gasteiger partial charge in [-0.15, -0.1) is 0 Å². The van der Waals surface area contributed by atoms with Crippen molar-refractivity contribution in [3.63, 3.8) is 0 Å². The van der Waals surface area contributed by atoms with Crippen molar-refractivity contribution >= 4 is 35.8 Å². The van der Waals surface area contributed by atoms with Gasteiger partial charge in [-0.05, 0) is 161 Å². The largest absolute Gasteiger partial charge is 0.455 e. The van der Waals surface area contributed by atoms with Crippen molar-refractivity contribution in [3.8, 4) is 0 Å². The van der Waals surface area contributed by atoms with Crippen molar-refractivity contribution in [2.45, 2.75) is 239 Å². The molecule has 8 aliphatic rings. The fourth-order valence-electron chi connectivity index (χ4n) is 19.5. The van der Waals surface area contributed by atoms with Gasteiger partial charge in [0, 0.05) is 45.5 Å². The van der Waals surface area contributed by atoms with E-state index in [1.54, 1.807) is 115 Å². The number of fused-ring (bicyclic) bond motifs is 10. The minimum atomic E-state index is -2.30. The summed E-state index contributed by atoms with van der Waals surface area (Å²) in [6.07, 6.45) is 8.77. The zero-order chi connectivity index (χ0) is 67.4. The van der Waals surface area contributed by atoms with Crippen LogP contribution in [0.15, 0.2) is 95.6 Å². The van der Waals surface area contributed by atoms with E-state index in [-0.39, 0.29) is 42.3 Å². The van der Waals surface area contributed by atoms with E-state index in [2.05, 4.69) is 46.0 Å². The Morgan fingerprint density at radius 1 is 0.860 bits per heavy atom. The molecule has 0 spiro atoms. The number of benzene rings is 2. The topological polar surface area (TPSA) is 218 Å². The summed E-state index contributed by atoms with van der Waals surface area (Å²) in [6.45, 7) is 25.3. The number of ether oxygens (including phenoxy) is 9. The third-order valence-corrected chi connectivity index (χ3v) is 24.2. The van der Waals surface area contributed by atoms with E-state index in [1.807, 2.05) is 0 Å². The first-order valence-corrected chi connectivity index (χ1v) is 34.4. The number of ketones is 1. The van der Waals surface area contributed by atoms with Crippen LogP contribution in [0.2, 0.25) is 0 Å². The molecule has 17 nitrogen and oxygen atoms in total. The van der Waals surface area contributed by atoms with Gasteiger partial charge in [-0.25, -0.2) is 19.2 Å². The van der Waals surface area contributed by atoms with E-state index in [9.17, 15) is 24.3 Å². The van der Waals surface area contributed by atoms with Crippen molar-refractivity contribution < 1.29 is 76.5 Å². The Morgan fingerprint density at radius 3 is 2.19 bits per heavy atom. The molecule has 4 unspecified atom stereocenters. The summed E-state index contributed by atoms with van der Waals surface area (Å²) < 4.78 is 56.6. The van der Waals surface area contributed by atoms with E-state index in [1.165, 1.54) is 77.7 Å². The van der Waals surface area contributed by atoms with Gasteiger partial charge in [-0.3, -0.25) is 9.59 Å². The van der Waals surface area contributed by atoms with Gasteiger partial charge in [0.25, 0.3) is 0 Å². The lowest BCUT2D eigenvalue weighted by molar-refractivity contribution is -0.347. The molecule has 5 saturated carbocycles. The lowest BCUT2D eigenvalue weighted by atomic mass is 9.44. The van der Waals surface area contributed by atoms with Crippen LogP contribution in [0, 0.1) is 63.1 Å². The highest BCUT2D eigenvalue weighted by atomic mass is 16.6. The monoisotopic (exact) mass is 1290 g/mol. The molecule has 19 atom stereocenters. The second kappa shape index (κ2) is 27.1. The van der Waals surface area contributed by atoms with E-state index in [0.29, 0.717) is 28.4 Å². The minimum Gasteiger partial charge on any atom is -0.455 e. The minimum absolute atomic E-state index is 0.0554. The molecule has 0 radical (unpaired) electrons. The number of allylic oxidation sites excluding steroid dienone is 1. The SMILES string of the molecule is CO[C@H]1C(=O)[C@]2(C)[C@@H](OC)C[C@H]3OC[C@@]3(OC(C)=O)[C@H]2[C@H](OC(=O)c2ccccc2)[C@]2(O)C[C@H](OC(=O)C(OC(=O)/C=C/CO[C@H]3CC[C@@]4(C)C(=CCC5C4CC[C@@]4(C)C5CC[C@@H]4[C@H](C)CCCC(C)C)C3)[C@@H](NC(=O)OC(C)(C)C)c3ccccc3)C(C)=C1C2(C)C. The fourth-order valence-corrected chi connectivity index (χ4v) is 19.5. The summed E-state index contributed by atoms with van der Waals surface area (Å²) in [6, 6.07) is 15.2. The van der Waals surface area contributed by atoms with Gasteiger partial charge in [-0.2, -0.15) is 0 Å². The summed E-state index contributed by atoms with van der Waals surface area (Å²) in [7, 11) is 2.81. The van der Waals surface area contributed by atoms with Crippen LogP contribution >= 0.6 is 0 Å². The highest BCUT2D eigenvalue weighted by molar-refractivity contribution is 5.94. The first kappa shape index (κ1) is 70.1. The summed E-state index contributed by atoms with van der Waals surface area (Å²) >= 11 is 0. The number of hydrogen-bond acceptors (Lipinski definition) is 16. The summed E-state index contributed by atoms with van der Waals surface area (Å²) in [5.41, 5.74) is -5.12. The Labute approximate surface area is 551 Å². The van der Waals surface area contributed by atoms with Crippen LogP contribution in [0.4, 0.5) is 4.79 Å². The molecule has 2 N–H and O–H groups in total. The summed E-state index contributed by atoms with van der Waals surface area (Å²) in [4.78, 5) is 88.1. The maximum atomic E-state index is 16.0. The lowest BCUT2D eigenvalue weighted by Crippen LogP contribution is -2.82. The normalized spacial score (nSPS) is 36.1. The Morgan fingerprint density at radius 2 is 1.56 bits per heavy atom. The van der Waals surface area contributed by atoms with Crippen molar-refractivity contribution in [3.05, 3.63) is 107 Å². The first-order valence-electron chi connectivity index (χ1n) is 34.4. The van der Waals surface area contributed by atoms with Gasteiger partial charge in [0.05, 0.1) is 42.3 Å². The molecule has 2 aromatic rings. The Bertz CT molecular complexity index is 3190. The number of rotatable bonds is 20. The number of methoxy groups -OCH3 is 2. The van der Waals surface area contributed by atoms with E-state index in [4.69, 9.17) is 42.6 Å². The molecule has 6 fully saturated rings. The predicted molar refractivity (Wildman–Crippen MR) is 349 cm³/mol. The van der Waals surface area contributed by atoms with Crippen LogP contribution in [-0.4, -0.2) is 128 Å². The number of alkyl carbamates (subject to hydrolysis) is 1. The molecule has 510 valence electrons. The van der Waals surface area contributed by atoms with Gasteiger partial charge in [0.2, 0.25) is 6.10 Å². The Kier molecular flexibility index (Phi) is 20.4. The summed E-state index contributed by atoms with van der Waals surface area (Å²) in [5.74, 6) is -1.09. The molecule has 1 amide bonds. The molecule has 1 aliphatic heterocycles. The zero-order valence-corrected chi connectivity index (χ0v) is 57.8. The number of Topliss-reactive ketones (excluding diaryl/α,β-unsaturated/α-hetero) is 1.